The number of aromatic nitrogens is 1. The van der Waals surface area contributed by atoms with Gasteiger partial charge in [0.25, 0.3) is 11.5 Å². The van der Waals surface area contributed by atoms with Crippen LogP contribution in [0.5, 0.6) is 0 Å². The molecule has 3 heterocycles. The molecule has 2 fully saturated rings. The Kier molecular flexibility index (Phi) is 6.12. The van der Waals surface area contributed by atoms with Crippen LogP contribution in [0.25, 0.3) is 0 Å². The summed E-state index contributed by atoms with van der Waals surface area (Å²) in [6, 6.07) is 17.7. The number of nitrogens with one attached hydrogen (secondary N) is 3. The summed E-state index contributed by atoms with van der Waals surface area (Å²) in [4.78, 5) is 40.4. The molecule has 0 radical (unpaired) electrons. The van der Waals surface area contributed by atoms with Crippen molar-refractivity contribution in [2.24, 2.45) is 5.92 Å². The standard InChI is InChI=1S/C28H28ClN5O3/c29-20-5-7-22(8-6-20)31-28(37)32-23-13-18(27(36)30-21-9-10-21)4-11-25(23)33-14-17-12-19(16-33)24-2-1-3-26(35)34(24)15-17/h1-8,11,13,17,19,21H,9-10,12,14-16H2,(H,30,36)(H2,31,32,37)/t17-,19+/m1/s1. The minimum Gasteiger partial charge on any atom is -0.369 e. The van der Waals surface area contributed by atoms with Crippen LogP contribution >= 0.6 is 11.6 Å². The number of anilines is 3. The molecule has 1 aliphatic carbocycles. The zero-order chi connectivity index (χ0) is 25.5. The molecular formula is C28H28ClN5O3. The van der Waals surface area contributed by atoms with Gasteiger partial charge in [0, 0.05) is 59.6 Å². The monoisotopic (exact) mass is 517 g/mol. The second-order valence-electron chi connectivity index (χ2n) is 10.2. The summed E-state index contributed by atoms with van der Waals surface area (Å²) in [5.74, 6) is 0.397. The Bertz CT molecular complexity index is 1420. The van der Waals surface area contributed by atoms with Crippen molar-refractivity contribution in [2.75, 3.05) is 28.6 Å². The molecule has 2 bridgehead atoms. The maximum Gasteiger partial charge on any atom is 0.323 e. The summed E-state index contributed by atoms with van der Waals surface area (Å²) in [5.41, 5.74) is 3.65. The summed E-state index contributed by atoms with van der Waals surface area (Å²) in [6.45, 7) is 2.17. The fourth-order valence-corrected chi connectivity index (χ4v) is 5.59. The van der Waals surface area contributed by atoms with Crippen LogP contribution in [0.2, 0.25) is 5.02 Å². The van der Waals surface area contributed by atoms with Crippen molar-refractivity contribution in [1.29, 1.82) is 0 Å². The number of amides is 3. The van der Waals surface area contributed by atoms with Crippen molar-refractivity contribution in [3.05, 3.63) is 87.3 Å². The molecule has 3 aliphatic rings. The van der Waals surface area contributed by atoms with Crippen LogP contribution in [0.15, 0.2) is 65.5 Å². The number of hydrogen-bond donors (Lipinski definition) is 3. The van der Waals surface area contributed by atoms with E-state index < -0.39 is 6.03 Å². The van der Waals surface area contributed by atoms with Gasteiger partial charge in [0.2, 0.25) is 0 Å². The van der Waals surface area contributed by atoms with Gasteiger partial charge >= 0.3 is 6.03 Å². The average Bonchev–Trinajstić information content (AvgIpc) is 3.70. The number of benzene rings is 2. The first-order chi connectivity index (χ1) is 17.9. The molecule has 1 aromatic heterocycles. The van der Waals surface area contributed by atoms with E-state index in [4.69, 9.17) is 11.6 Å². The van der Waals surface area contributed by atoms with Crippen molar-refractivity contribution >= 4 is 40.6 Å². The SMILES string of the molecule is O=C(Nc1ccc(Cl)cc1)Nc1cc(C(=O)NC2CC2)ccc1N1C[C@H]2C[C@@H](C1)c1cccc(=O)n1C2. The van der Waals surface area contributed by atoms with E-state index in [1.807, 2.05) is 28.8 Å². The molecule has 2 atom stereocenters. The topological polar surface area (TPSA) is 95.5 Å². The lowest BCUT2D eigenvalue weighted by molar-refractivity contribution is 0.0951. The Morgan fingerprint density at radius 1 is 0.919 bits per heavy atom. The van der Waals surface area contributed by atoms with Gasteiger partial charge in [0.1, 0.15) is 0 Å². The summed E-state index contributed by atoms with van der Waals surface area (Å²) >= 11 is 5.96. The number of piperidine rings is 1. The molecule has 9 heteroatoms. The Balaban J connectivity index is 1.28. The minimum atomic E-state index is -0.405. The molecular weight excluding hydrogens is 490 g/mol. The van der Waals surface area contributed by atoms with E-state index in [-0.39, 0.29) is 23.4 Å². The molecule has 1 saturated heterocycles. The number of halogens is 1. The van der Waals surface area contributed by atoms with Crippen LogP contribution in [0, 0.1) is 5.92 Å². The number of hydrogen-bond acceptors (Lipinski definition) is 4. The van der Waals surface area contributed by atoms with Gasteiger partial charge in [-0.15, -0.1) is 0 Å². The van der Waals surface area contributed by atoms with Crippen molar-refractivity contribution in [2.45, 2.75) is 37.8 Å². The molecule has 8 nitrogen and oxygen atoms in total. The number of urea groups is 1. The number of rotatable bonds is 5. The van der Waals surface area contributed by atoms with Gasteiger partial charge in [-0.2, -0.15) is 0 Å². The minimum absolute atomic E-state index is 0.0490. The van der Waals surface area contributed by atoms with E-state index in [0.29, 0.717) is 34.4 Å². The van der Waals surface area contributed by atoms with Gasteiger partial charge in [-0.25, -0.2) is 4.79 Å². The molecule has 2 aromatic carbocycles. The van der Waals surface area contributed by atoms with E-state index in [1.54, 1.807) is 36.4 Å². The Morgan fingerprint density at radius 3 is 2.51 bits per heavy atom. The van der Waals surface area contributed by atoms with E-state index >= 15 is 0 Å². The summed E-state index contributed by atoms with van der Waals surface area (Å²) < 4.78 is 1.90. The Labute approximate surface area is 219 Å². The summed E-state index contributed by atoms with van der Waals surface area (Å²) in [5, 5.41) is 9.40. The predicted octanol–water partition coefficient (Wildman–Crippen LogP) is 4.66. The van der Waals surface area contributed by atoms with Crippen LogP contribution in [0.1, 0.15) is 41.2 Å². The van der Waals surface area contributed by atoms with Crippen molar-refractivity contribution < 1.29 is 9.59 Å². The smallest absolute Gasteiger partial charge is 0.323 e. The Hall–Kier alpha value is -3.78. The Morgan fingerprint density at radius 2 is 1.73 bits per heavy atom. The van der Waals surface area contributed by atoms with Crippen LogP contribution in [-0.4, -0.2) is 35.6 Å². The van der Waals surface area contributed by atoms with Crippen LogP contribution in [0.4, 0.5) is 21.9 Å². The predicted molar refractivity (Wildman–Crippen MR) is 145 cm³/mol. The normalized spacial score (nSPS) is 20.1. The number of pyridine rings is 1. The molecule has 1 saturated carbocycles. The molecule has 190 valence electrons. The van der Waals surface area contributed by atoms with Crippen molar-refractivity contribution in [1.82, 2.24) is 9.88 Å². The third-order valence-corrected chi connectivity index (χ3v) is 7.59. The van der Waals surface area contributed by atoms with Crippen LogP contribution in [-0.2, 0) is 6.54 Å². The molecule has 3 aromatic rings. The highest BCUT2D eigenvalue weighted by Crippen LogP contribution is 2.39. The van der Waals surface area contributed by atoms with E-state index in [1.165, 1.54) is 0 Å². The average molecular weight is 518 g/mol. The fourth-order valence-electron chi connectivity index (χ4n) is 5.46. The lowest BCUT2D eigenvalue weighted by Gasteiger charge is -2.44. The quantitative estimate of drug-likeness (QED) is 0.458. The number of fused-ring (bicyclic) bond motifs is 4. The second-order valence-corrected chi connectivity index (χ2v) is 10.6. The lowest BCUT2D eigenvalue weighted by Crippen LogP contribution is -2.47. The van der Waals surface area contributed by atoms with Gasteiger partial charge < -0.3 is 25.4 Å². The summed E-state index contributed by atoms with van der Waals surface area (Å²) in [7, 11) is 0. The highest BCUT2D eigenvalue weighted by Gasteiger charge is 2.35. The third kappa shape index (κ3) is 5.06. The van der Waals surface area contributed by atoms with Crippen LogP contribution in [0.3, 0.4) is 0 Å². The van der Waals surface area contributed by atoms with Gasteiger partial charge in [-0.1, -0.05) is 17.7 Å². The largest absolute Gasteiger partial charge is 0.369 e. The first-order valence-corrected chi connectivity index (χ1v) is 13.0. The van der Waals surface area contributed by atoms with Gasteiger partial charge in [0.05, 0.1) is 11.4 Å². The van der Waals surface area contributed by atoms with E-state index in [9.17, 15) is 14.4 Å². The molecule has 0 spiro atoms. The molecule has 37 heavy (non-hydrogen) atoms. The number of nitrogens with zero attached hydrogens (tertiary/aromatic N) is 2. The fraction of sp³-hybridized carbons (Fsp3) is 0.321. The zero-order valence-electron chi connectivity index (χ0n) is 20.2. The van der Waals surface area contributed by atoms with E-state index in [2.05, 4.69) is 20.9 Å². The van der Waals surface area contributed by atoms with Crippen molar-refractivity contribution in [3.63, 3.8) is 0 Å². The van der Waals surface area contributed by atoms with Gasteiger partial charge in [-0.05, 0) is 73.7 Å². The maximum atomic E-state index is 13.0. The zero-order valence-corrected chi connectivity index (χ0v) is 21.0. The van der Waals surface area contributed by atoms with Crippen LogP contribution < -0.4 is 26.4 Å². The maximum absolute atomic E-state index is 13.0. The lowest BCUT2D eigenvalue weighted by atomic mass is 9.83. The molecule has 3 amide bonds. The first kappa shape index (κ1) is 23.6. The summed E-state index contributed by atoms with van der Waals surface area (Å²) in [6.07, 6.45) is 3.03. The molecule has 6 rings (SSSR count). The molecule has 0 unspecified atom stereocenters. The highest BCUT2D eigenvalue weighted by atomic mass is 35.5. The molecule has 2 aliphatic heterocycles. The third-order valence-electron chi connectivity index (χ3n) is 7.34. The highest BCUT2D eigenvalue weighted by molar-refractivity contribution is 6.30. The first-order valence-electron chi connectivity index (χ1n) is 12.7. The van der Waals surface area contributed by atoms with Crippen molar-refractivity contribution in [3.8, 4) is 0 Å². The van der Waals surface area contributed by atoms with Gasteiger partial charge in [0.15, 0.2) is 0 Å². The van der Waals surface area contributed by atoms with Gasteiger partial charge in [-0.3, -0.25) is 9.59 Å². The second kappa shape index (κ2) is 9.59. The molecule has 3 N–H and O–H groups in total. The van der Waals surface area contributed by atoms with E-state index in [0.717, 1.165) is 43.7 Å². The number of carbonyl (C=O) groups excluding carboxylic acids is 2. The number of carbonyl (C=O) groups is 2.